The van der Waals surface area contributed by atoms with E-state index in [0.717, 1.165) is 17.8 Å². The SMILES string of the molecule is Cc1ccsc1S(=O)(=O)NC(=O)[C@@H]1C[C@H]1C1CCC1. The maximum absolute atomic E-state index is 12.1. The molecule has 0 saturated heterocycles. The maximum atomic E-state index is 12.1. The van der Waals surface area contributed by atoms with Crippen LogP contribution in [0.2, 0.25) is 0 Å². The average molecular weight is 299 g/mol. The van der Waals surface area contributed by atoms with Crippen molar-refractivity contribution in [2.75, 3.05) is 0 Å². The summed E-state index contributed by atoms with van der Waals surface area (Å²) in [7, 11) is -3.67. The number of thiophene rings is 1. The molecule has 1 heterocycles. The standard InChI is InChI=1S/C13H17NO3S2/c1-8-5-6-18-13(8)19(16,17)14-12(15)11-7-10(11)9-3-2-4-9/h5-6,9-11H,2-4,7H2,1H3,(H,14,15)/t10-,11+/m0/s1. The van der Waals surface area contributed by atoms with E-state index in [1.807, 2.05) is 0 Å². The van der Waals surface area contributed by atoms with E-state index in [4.69, 9.17) is 0 Å². The first kappa shape index (κ1) is 13.1. The molecular weight excluding hydrogens is 282 g/mol. The lowest BCUT2D eigenvalue weighted by Gasteiger charge is -2.25. The third-order valence-corrected chi connectivity index (χ3v) is 7.26. The molecule has 0 bridgehead atoms. The molecular formula is C13H17NO3S2. The second kappa shape index (κ2) is 4.59. The van der Waals surface area contributed by atoms with Crippen LogP contribution in [0.25, 0.3) is 0 Å². The van der Waals surface area contributed by atoms with Crippen LogP contribution in [0, 0.1) is 24.7 Å². The minimum atomic E-state index is -3.67. The number of aryl methyl sites for hydroxylation is 1. The fourth-order valence-electron chi connectivity index (χ4n) is 2.79. The Kier molecular flexibility index (Phi) is 3.17. The third-order valence-electron chi connectivity index (χ3n) is 4.23. The van der Waals surface area contributed by atoms with Gasteiger partial charge < -0.3 is 0 Å². The van der Waals surface area contributed by atoms with E-state index in [0.29, 0.717) is 17.4 Å². The number of nitrogens with one attached hydrogen (secondary N) is 1. The molecule has 1 amide bonds. The molecule has 0 unspecified atom stereocenters. The van der Waals surface area contributed by atoms with Crippen molar-refractivity contribution in [2.24, 2.45) is 17.8 Å². The topological polar surface area (TPSA) is 63.2 Å². The quantitative estimate of drug-likeness (QED) is 0.928. The number of hydrogen-bond donors (Lipinski definition) is 1. The normalized spacial score (nSPS) is 26.8. The van der Waals surface area contributed by atoms with Gasteiger partial charge in [0.15, 0.2) is 0 Å². The van der Waals surface area contributed by atoms with Crippen molar-refractivity contribution in [3.8, 4) is 0 Å². The molecule has 1 N–H and O–H groups in total. The summed E-state index contributed by atoms with van der Waals surface area (Å²) in [6.07, 6.45) is 4.51. The van der Waals surface area contributed by atoms with Crippen LogP contribution in [-0.4, -0.2) is 14.3 Å². The van der Waals surface area contributed by atoms with Crippen LogP contribution >= 0.6 is 11.3 Å². The second-order valence-electron chi connectivity index (χ2n) is 5.56. The number of amides is 1. The first-order chi connectivity index (χ1) is 8.99. The maximum Gasteiger partial charge on any atom is 0.273 e. The smallest absolute Gasteiger partial charge is 0.273 e. The summed E-state index contributed by atoms with van der Waals surface area (Å²) in [5.74, 6) is 0.681. The van der Waals surface area contributed by atoms with Crippen molar-refractivity contribution in [2.45, 2.75) is 36.8 Å². The number of carbonyl (C=O) groups excluding carboxylic acids is 1. The van der Waals surface area contributed by atoms with Crippen LogP contribution in [0.3, 0.4) is 0 Å². The number of sulfonamides is 1. The lowest BCUT2D eigenvalue weighted by atomic mass is 9.81. The lowest BCUT2D eigenvalue weighted by Crippen LogP contribution is -2.32. The summed E-state index contributed by atoms with van der Waals surface area (Å²) < 4.78 is 26.7. The van der Waals surface area contributed by atoms with Gasteiger partial charge in [0.25, 0.3) is 10.0 Å². The van der Waals surface area contributed by atoms with E-state index in [9.17, 15) is 13.2 Å². The van der Waals surface area contributed by atoms with Gasteiger partial charge in [-0.15, -0.1) is 11.3 Å². The molecule has 0 radical (unpaired) electrons. The van der Waals surface area contributed by atoms with Crippen LogP contribution in [-0.2, 0) is 14.8 Å². The lowest BCUT2D eigenvalue weighted by molar-refractivity contribution is -0.121. The van der Waals surface area contributed by atoms with E-state index < -0.39 is 10.0 Å². The Labute approximate surface area is 117 Å². The highest BCUT2D eigenvalue weighted by molar-refractivity contribution is 7.92. The van der Waals surface area contributed by atoms with Gasteiger partial charge >= 0.3 is 0 Å². The highest BCUT2D eigenvalue weighted by Gasteiger charge is 2.49. The van der Waals surface area contributed by atoms with E-state index >= 15 is 0 Å². The Balaban J connectivity index is 1.65. The zero-order valence-corrected chi connectivity index (χ0v) is 12.4. The molecule has 2 aliphatic carbocycles. The van der Waals surface area contributed by atoms with Gasteiger partial charge in [0.1, 0.15) is 4.21 Å². The minimum Gasteiger partial charge on any atom is -0.274 e. The van der Waals surface area contributed by atoms with Crippen LogP contribution < -0.4 is 4.72 Å². The molecule has 0 aromatic carbocycles. The molecule has 2 fully saturated rings. The molecule has 4 nitrogen and oxygen atoms in total. The van der Waals surface area contributed by atoms with Crippen molar-refractivity contribution < 1.29 is 13.2 Å². The fourth-order valence-corrected chi connectivity index (χ4v) is 5.24. The summed E-state index contributed by atoms with van der Waals surface area (Å²) in [6, 6.07) is 1.75. The highest BCUT2D eigenvalue weighted by Crippen LogP contribution is 2.51. The Hall–Kier alpha value is -0.880. The van der Waals surface area contributed by atoms with Gasteiger partial charge in [0.2, 0.25) is 5.91 Å². The Morgan fingerprint density at radius 2 is 2.16 bits per heavy atom. The van der Waals surface area contributed by atoms with Crippen molar-refractivity contribution in [3.63, 3.8) is 0 Å². The third kappa shape index (κ3) is 2.43. The molecule has 0 spiro atoms. The Morgan fingerprint density at radius 1 is 1.42 bits per heavy atom. The van der Waals surface area contributed by atoms with Gasteiger partial charge in [-0.1, -0.05) is 19.3 Å². The van der Waals surface area contributed by atoms with Crippen molar-refractivity contribution in [1.29, 1.82) is 0 Å². The first-order valence-corrected chi connectivity index (χ1v) is 8.96. The second-order valence-corrected chi connectivity index (χ2v) is 8.35. The molecule has 19 heavy (non-hydrogen) atoms. The highest BCUT2D eigenvalue weighted by atomic mass is 32.2. The molecule has 2 saturated carbocycles. The van der Waals surface area contributed by atoms with Crippen molar-refractivity contribution in [3.05, 3.63) is 17.0 Å². The van der Waals surface area contributed by atoms with Gasteiger partial charge in [0, 0.05) is 5.92 Å². The van der Waals surface area contributed by atoms with E-state index in [2.05, 4.69) is 4.72 Å². The summed E-state index contributed by atoms with van der Waals surface area (Å²) >= 11 is 1.15. The Bertz CT molecular complexity index is 601. The molecule has 3 rings (SSSR count). The van der Waals surface area contributed by atoms with Crippen LogP contribution in [0.5, 0.6) is 0 Å². The van der Waals surface area contributed by atoms with Crippen molar-refractivity contribution >= 4 is 27.3 Å². The summed E-state index contributed by atoms with van der Waals surface area (Å²) in [6.45, 7) is 1.74. The molecule has 104 valence electrons. The number of rotatable bonds is 4. The molecule has 1 aromatic rings. The first-order valence-electron chi connectivity index (χ1n) is 6.60. The molecule has 6 heteroatoms. The van der Waals surface area contributed by atoms with Gasteiger partial charge in [0.05, 0.1) is 0 Å². The fraction of sp³-hybridized carbons (Fsp3) is 0.615. The van der Waals surface area contributed by atoms with Crippen LogP contribution in [0.1, 0.15) is 31.2 Å². The zero-order chi connectivity index (χ0) is 13.6. The summed E-state index contributed by atoms with van der Waals surface area (Å²) in [5, 5.41) is 1.72. The number of carbonyl (C=O) groups is 1. The number of hydrogen-bond acceptors (Lipinski definition) is 4. The van der Waals surface area contributed by atoms with Gasteiger partial charge in [-0.05, 0) is 42.2 Å². The molecule has 0 aliphatic heterocycles. The van der Waals surface area contributed by atoms with Crippen LogP contribution in [0.4, 0.5) is 0 Å². The predicted molar refractivity (Wildman–Crippen MR) is 73.3 cm³/mol. The van der Waals surface area contributed by atoms with Gasteiger partial charge in [-0.25, -0.2) is 13.1 Å². The predicted octanol–water partition coefficient (Wildman–Crippen LogP) is 2.30. The summed E-state index contributed by atoms with van der Waals surface area (Å²) in [4.78, 5) is 12.0. The van der Waals surface area contributed by atoms with Gasteiger partial charge in [-0.3, -0.25) is 4.79 Å². The van der Waals surface area contributed by atoms with Crippen LogP contribution in [0.15, 0.2) is 15.7 Å². The monoisotopic (exact) mass is 299 g/mol. The molecule has 2 aliphatic rings. The largest absolute Gasteiger partial charge is 0.274 e. The van der Waals surface area contributed by atoms with E-state index in [1.165, 1.54) is 19.3 Å². The van der Waals surface area contributed by atoms with Crippen molar-refractivity contribution in [1.82, 2.24) is 4.72 Å². The molecule has 2 atom stereocenters. The van der Waals surface area contributed by atoms with Gasteiger partial charge in [-0.2, -0.15) is 0 Å². The molecule has 1 aromatic heterocycles. The van der Waals surface area contributed by atoms with E-state index in [1.54, 1.807) is 18.4 Å². The summed E-state index contributed by atoms with van der Waals surface area (Å²) in [5.41, 5.74) is 0.691. The average Bonchev–Trinajstić information content (AvgIpc) is 2.88. The zero-order valence-electron chi connectivity index (χ0n) is 10.8. The minimum absolute atomic E-state index is 0.0830. The van der Waals surface area contributed by atoms with E-state index in [-0.39, 0.29) is 16.0 Å². The Morgan fingerprint density at radius 3 is 2.68 bits per heavy atom.